The van der Waals surface area contributed by atoms with Gasteiger partial charge in [-0.25, -0.2) is 0 Å². The molecule has 10 rings (SSSR count). The van der Waals surface area contributed by atoms with Crippen LogP contribution in [0.4, 0.5) is 0 Å². The largest absolute Gasteiger partial charge is 0.531 e. The summed E-state index contributed by atoms with van der Waals surface area (Å²) in [7, 11) is -7.99. The summed E-state index contributed by atoms with van der Waals surface area (Å²) in [5.74, 6) is 5.18. The van der Waals surface area contributed by atoms with E-state index in [4.69, 9.17) is 26.6 Å². The van der Waals surface area contributed by atoms with Gasteiger partial charge in [0, 0.05) is 34.5 Å². The lowest BCUT2D eigenvalue weighted by atomic mass is 9.98. The summed E-state index contributed by atoms with van der Waals surface area (Å²) in [6.07, 6.45) is 3.74. The number of aryl methyl sites for hydroxylation is 2. The van der Waals surface area contributed by atoms with Gasteiger partial charge in [-0.15, -0.1) is 0 Å². The number of fused-ring (bicyclic) bond motifs is 11. The SMILES string of the molecule is Cc1cc2cc3c1O[Si]1(O3)C(C)CC1CCc1cc(cc3c1O[Si](C)(C)O3)-c1cccc(c1)[Si]1(c3ccccc3)Oc3ccc(cc3O1)C2. The first-order valence-electron chi connectivity index (χ1n) is 17.4. The van der Waals surface area contributed by atoms with Crippen LogP contribution in [0.2, 0.25) is 24.2 Å². The molecule has 0 radical (unpaired) electrons. The number of hydrogen-bond donors (Lipinski definition) is 0. The van der Waals surface area contributed by atoms with Gasteiger partial charge in [0.2, 0.25) is 0 Å². The third kappa shape index (κ3) is 4.48. The first-order chi connectivity index (χ1) is 23.7. The Bertz CT molecular complexity index is 2190. The lowest BCUT2D eigenvalue weighted by molar-refractivity contribution is 0.323. The molecule has 0 saturated carbocycles. The van der Waals surface area contributed by atoms with Crippen molar-refractivity contribution in [1.29, 1.82) is 0 Å². The standard InChI is InChI=1S/C40H38O6Si3/c1-25-17-28-19-27-13-16-35-36(20-27)43-49(42-35,32-10-6-5-7-11-32)33-12-8-9-29(23-33)31-22-30(40-38(24-31)41-47(3,4)45-40)14-15-34-18-26(2)48(34)44-37(21-28)39(25)46-48/h5-13,16-17,20-24,26,34H,14-15,18-19H2,1-4H3. The minimum absolute atomic E-state index is 0.398. The van der Waals surface area contributed by atoms with Gasteiger partial charge in [0.1, 0.15) is 23.0 Å². The minimum atomic E-state index is -3.15. The molecule has 5 aromatic carbocycles. The number of hydrogen-bond acceptors (Lipinski definition) is 6. The van der Waals surface area contributed by atoms with Crippen molar-refractivity contribution >= 4 is 36.1 Å². The van der Waals surface area contributed by atoms with Gasteiger partial charge in [-0.05, 0) is 102 Å². The molecule has 4 atom stereocenters. The van der Waals surface area contributed by atoms with E-state index in [1.54, 1.807) is 0 Å². The van der Waals surface area contributed by atoms with Crippen molar-refractivity contribution in [2.24, 2.45) is 0 Å². The lowest BCUT2D eigenvalue weighted by Crippen LogP contribution is -2.66. The Morgan fingerprint density at radius 3 is 2.27 bits per heavy atom. The Hall–Kier alpha value is -4.45. The van der Waals surface area contributed by atoms with Crippen molar-refractivity contribution in [2.75, 3.05) is 0 Å². The quantitative estimate of drug-likeness (QED) is 0.165. The van der Waals surface area contributed by atoms with Gasteiger partial charge >= 0.3 is 25.7 Å². The van der Waals surface area contributed by atoms with E-state index in [-0.39, 0.29) is 0 Å². The first kappa shape index (κ1) is 29.5. The van der Waals surface area contributed by atoms with E-state index in [0.29, 0.717) is 11.1 Å². The molecule has 5 aliphatic heterocycles. The van der Waals surface area contributed by atoms with E-state index in [1.807, 2.05) is 6.07 Å². The molecule has 1 spiro atoms. The molecule has 5 heterocycles. The monoisotopic (exact) mass is 698 g/mol. The van der Waals surface area contributed by atoms with Gasteiger partial charge in [-0.2, -0.15) is 0 Å². The molecule has 0 amide bonds. The molecule has 9 heteroatoms. The van der Waals surface area contributed by atoms with E-state index < -0.39 is 25.7 Å². The van der Waals surface area contributed by atoms with Crippen LogP contribution in [0, 0.1) is 6.92 Å². The Morgan fingerprint density at radius 2 is 1.41 bits per heavy atom. The molecule has 49 heavy (non-hydrogen) atoms. The second-order valence-corrected chi connectivity index (χ2v) is 24.5. The van der Waals surface area contributed by atoms with Gasteiger partial charge < -0.3 is 26.6 Å². The van der Waals surface area contributed by atoms with Crippen LogP contribution in [-0.4, -0.2) is 25.7 Å². The van der Waals surface area contributed by atoms with Gasteiger partial charge in [0.25, 0.3) is 0 Å². The third-order valence-corrected chi connectivity index (χ3v) is 19.9. The fraction of sp³-hybridized carbons (Fsp3) is 0.250. The normalized spacial score (nSPS) is 26.1. The van der Waals surface area contributed by atoms with E-state index in [2.05, 4.69) is 118 Å². The maximum Gasteiger partial charge on any atom is 0.531 e. The molecular weight excluding hydrogens is 661 g/mol. The van der Waals surface area contributed by atoms with Gasteiger partial charge in [0.15, 0.2) is 11.5 Å². The summed E-state index contributed by atoms with van der Waals surface area (Å²) >= 11 is 0. The summed E-state index contributed by atoms with van der Waals surface area (Å²) < 4.78 is 41.1. The van der Waals surface area contributed by atoms with Crippen molar-refractivity contribution in [3.8, 4) is 45.6 Å². The number of rotatable bonds is 1. The molecule has 0 aromatic heterocycles. The van der Waals surface area contributed by atoms with Crippen molar-refractivity contribution in [1.82, 2.24) is 0 Å². The van der Waals surface area contributed by atoms with Gasteiger partial charge in [-0.1, -0.05) is 67.6 Å². The molecule has 1 fully saturated rings. The van der Waals surface area contributed by atoms with Gasteiger partial charge in [0.05, 0.1) is 0 Å². The summed E-state index contributed by atoms with van der Waals surface area (Å²) in [5, 5.41) is 2.13. The van der Waals surface area contributed by atoms with E-state index in [9.17, 15) is 0 Å². The highest BCUT2D eigenvalue weighted by Crippen LogP contribution is 2.60. The predicted octanol–water partition coefficient (Wildman–Crippen LogP) is 8.08. The minimum Gasteiger partial charge on any atom is -0.509 e. The van der Waals surface area contributed by atoms with Crippen LogP contribution in [0.15, 0.2) is 97.1 Å². The average molecular weight is 699 g/mol. The fourth-order valence-electron chi connectivity index (χ4n) is 8.58. The van der Waals surface area contributed by atoms with Crippen LogP contribution in [0.25, 0.3) is 11.1 Å². The van der Waals surface area contributed by atoms with E-state index in [0.717, 1.165) is 87.2 Å². The molecule has 5 aliphatic rings. The third-order valence-electron chi connectivity index (χ3n) is 11.0. The van der Waals surface area contributed by atoms with Crippen molar-refractivity contribution in [2.45, 2.75) is 63.7 Å². The lowest BCUT2D eigenvalue weighted by Gasteiger charge is -2.46. The molecule has 10 bridgehead atoms. The molecule has 4 unspecified atom stereocenters. The zero-order valence-electron chi connectivity index (χ0n) is 28.2. The van der Waals surface area contributed by atoms with Gasteiger partial charge in [-0.3, -0.25) is 0 Å². The van der Waals surface area contributed by atoms with E-state index in [1.165, 1.54) is 16.7 Å². The zero-order chi connectivity index (χ0) is 33.1. The molecule has 6 nitrogen and oxygen atoms in total. The predicted molar refractivity (Wildman–Crippen MR) is 197 cm³/mol. The van der Waals surface area contributed by atoms with E-state index >= 15 is 0 Å². The topological polar surface area (TPSA) is 55.4 Å². The maximum atomic E-state index is 7.09. The van der Waals surface area contributed by atoms with Crippen molar-refractivity contribution in [3.05, 3.63) is 119 Å². The second-order valence-electron chi connectivity index (χ2n) is 14.8. The second kappa shape index (κ2) is 10.3. The molecule has 1 saturated heterocycles. The highest BCUT2D eigenvalue weighted by atomic mass is 28.4. The Morgan fingerprint density at radius 1 is 0.612 bits per heavy atom. The van der Waals surface area contributed by atoms with Crippen LogP contribution in [-0.2, 0) is 12.8 Å². The fourth-order valence-corrected chi connectivity index (χ4v) is 17.2. The maximum absolute atomic E-state index is 7.09. The molecule has 0 aliphatic carbocycles. The smallest absolute Gasteiger partial charge is 0.509 e. The van der Waals surface area contributed by atoms with Crippen LogP contribution in [0.1, 0.15) is 42.0 Å². The number of benzene rings is 5. The Balaban J connectivity index is 1.15. The van der Waals surface area contributed by atoms with Crippen LogP contribution >= 0.6 is 0 Å². The molecular formula is C40H38O6Si3. The molecule has 0 N–H and O–H groups in total. The van der Waals surface area contributed by atoms with Crippen LogP contribution in [0.3, 0.4) is 0 Å². The van der Waals surface area contributed by atoms with Crippen molar-refractivity contribution in [3.63, 3.8) is 0 Å². The van der Waals surface area contributed by atoms with Crippen LogP contribution < -0.4 is 36.9 Å². The Labute approximate surface area is 290 Å². The first-order valence-corrected chi connectivity index (χ1v) is 24.0. The highest BCUT2D eigenvalue weighted by molar-refractivity contribution is 6.94. The highest BCUT2D eigenvalue weighted by Gasteiger charge is 2.66. The van der Waals surface area contributed by atoms with Crippen molar-refractivity contribution < 1.29 is 26.6 Å². The summed E-state index contributed by atoms with van der Waals surface area (Å²) in [5.41, 5.74) is 7.73. The summed E-state index contributed by atoms with van der Waals surface area (Å²) in [4.78, 5) is 0. The average Bonchev–Trinajstić information content (AvgIpc) is 3.79. The molecule has 5 aromatic rings. The van der Waals surface area contributed by atoms with Crippen LogP contribution in [0.5, 0.6) is 34.5 Å². The summed E-state index contributed by atoms with van der Waals surface area (Å²) in [6.45, 7) is 8.68. The zero-order valence-corrected chi connectivity index (χ0v) is 31.2. The molecule has 246 valence electrons. The Kier molecular flexibility index (Phi) is 6.19. The summed E-state index contributed by atoms with van der Waals surface area (Å²) in [6, 6.07) is 34.5.